The van der Waals surface area contributed by atoms with Gasteiger partial charge in [0.1, 0.15) is 0 Å². The van der Waals surface area contributed by atoms with Crippen LogP contribution < -0.4 is 0 Å². The van der Waals surface area contributed by atoms with Crippen LogP contribution in [0, 0.1) is 22.0 Å². The lowest BCUT2D eigenvalue weighted by atomic mass is 9.87. The summed E-state index contributed by atoms with van der Waals surface area (Å²) in [6.45, 7) is 6.27. The number of rotatable bonds is 5. The maximum Gasteiger partial charge on any atom is 0.270 e. The molecule has 0 aliphatic rings. The molecular formula is C13H17BrClNO2. The fraction of sp³-hybridized carbons (Fsp3) is 0.538. The molecule has 5 heteroatoms. The van der Waals surface area contributed by atoms with Crippen molar-refractivity contribution in [2.75, 3.05) is 0 Å². The summed E-state index contributed by atoms with van der Waals surface area (Å²) in [4.78, 5) is 10.3. The van der Waals surface area contributed by atoms with E-state index in [1.165, 1.54) is 6.07 Å². The van der Waals surface area contributed by atoms with Crippen LogP contribution in [-0.2, 0) is 6.42 Å². The van der Waals surface area contributed by atoms with E-state index >= 15 is 0 Å². The average Bonchev–Trinajstić information content (AvgIpc) is 2.25. The first kappa shape index (κ1) is 15.4. The molecule has 0 radical (unpaired) electrons. The third-order valence-electron chi connectivity index (χ3n) is 3.15. The normalized spacial score (nSPS) is 14.6. The Morgan fingerprint density at radius 1 is 1.39 bits per heavy atom. The zero-order chi connectivity index (χ0) is 13.9. The molecule has 18 heavy (non-hydrogen) atoms. The zero-order valence-electron chi connectivity index (χ0n) is 10.7. The van der Waals surface area contributed by atoms with Crippen molar-refractivity contribution >= 4 is 33.2 Å². The molecule has 1 rings (SSSR count). The molecule has 0 spiro atoms. The summed E-state index contributed by atoms with van der Waals surface area (Å²) in [6, 6.07) is 4.89. The fourth-order valence-electron chi connectivity index (χ4n) is 2.00. The predicted molar refractivity (Wildman–Crippen MR) is 78.1 cm³/mol. The Hall–Kier alpha value is -0.610. The molecule has 1 aromatic carbocycles. The van der Waals surface area contributed by atoms with Gasteiger partial charge in [0.15, 0.2) is 0 Å². The molecule has 0 saturated carbocycles. The first-order valence-corrected chi connectivity index (χ1v) is 7.12. The highest BCUT2D eigenvalue weighted by Gasteiger charge is 2.21. The predicted octanol–water partition coefficient (Wildman–Crippen LogP) is 4.80. The second-order valence-corrected chi connectivity index (χ2v) is 6.37. The summed E-state index contributed by atoms with van der Waals surface area (Å²) in [5.41, 5.74) is 1.16. The van der Waals surface area contributed by atoms with E-state index in [-0.39, 0.29) is 11.1 Å². The molecular weight excluding hydrogens is 318 g/mol. The van der Waals surface area contributed by atoms with Gasteiger partial charge in [-0.05, 0) is 30.7 Å². The van der Waals surface area contributed by atoms with Crippen LogP contribution >= 0.6 is 27.5 Å². The van der Waals surface area contributed by atoms with Crippen LogP contribution in [0.2, 0.25) is 0 Å². The number of alkyl halides is 1. The van der Waals surface area contributed by atoms with Gasteiger partial charge in [0, 0.05) is 22.0 Å². The van der Waals surface area contributed by atoms with Crippen molar-refractivity contribution in [2.45, 2.75) is 32.6 Å². The van der Waals surface area contributed by atoms with E-state index in [1.807, 2.05) is 6.92 Å². The molecule has 100 valence electrons. The summed E-state index contributed by atoms with van der Waals surface area (Å²) in [5.74, 6) is 0.823. The highest BCUT2D eigenvalue weighted by Crippen LogP contribution is 2.29. The van der Waals surface area contributed by atoms with Gasteiger partial charge < -0.3 is 0 Å². The molecule has 1 aromatic rings. The Balaban J connectivity index is 2.94. The molecule has 0 aromatic heterocycles. The summed E-state index contributed by atoms with van der Waals surface area (Å²) >= 11 is 9.59. The summed E-state index contributed by atoms with van der Waals surface area (Å²) in [5, 5.41) is 10.7. The minimum absolute atomic E-state index is 0.0760. The highest BCUT2D eigenvalue weighted by molar-refractivity contribution is 9.10. The largest absolute Gasteiger partial charge is 0.270 e. The molecule has 2 atom stereocenters. The molecule has 0 fully saturated rings. The van der Waals surface area contributed by atoms with Crippen molar-refractivity contribution in [1.29, 1.82) is 0 Å². The number of nitrogens with zero attached hydrogens (tertiary/aromatic N) is 1. The van der Waals surface area contributed by atoms with Crippen LogP contribution in [0.25, 0.3) is 0 Å². The lowest BCUT2D eigenvalue weighted by molar-refractivity contribution is -0.384. The Bertz CT molecular complexity index is 427. The molecule has 0 saturated heterocycles. The third kappa shape index (κ3) is 3.95. The first-order chi connectivity index (χ1) is 8.32. The summed E-state index contributed by atoms with van der Waals surface area (Å²) < 4.78 is 0.777. The maximum absolute atomic E-state index is 10.7. The number of halogens is 2. The fourth-order valence-corrected chi connectivity index (χ4v) is 2.91. The number of benzene rings is 1. The van der Waals surface area contributed by atoms with Crippen molar-refractivity contribution in [3.8, 4) is 0 Å². The van der Waals surface area contributed by atoms with Gasteiger partial charge in [-0.25, -0.2) is 0 Å². The topological polar surface area (TPSA) is 43.1 Å². The van der Waals surface area contributed by atoms with Gasteiger partial charge in [-0.1, -0.05) is 35.8 Å². The average molecular weight is 335 g/mol. The van der Waals surface area contributed by atoms with Crippen LogP contribution in [0.5, 0.6) is 0 Å². The van der Waals surface area contributed by atoms with Gasteiger partial charge in [-0.15, -0.1) is 11.6 Å². The van der Waals surface area contributed by atoms with Crippen LogP contribution in [-0.4, -0.2) is 10.3 Å². The molecule has 3 nitrogen and oxygen atoms in total. The van der Waals surface area contributed by atoms with Gasteiger partial charge in [0.2, 0.25) is 0 Å². The molecule has 0 aliphatic carbocycles. The van der Waals surface area contributed by atoms with E-state index in [9.17, 15) is 10.1 Å². The van der Waals surface area contributed by atoms with Gasteiger partial charge in [-0.2, -0.15) is 0 Å². The molecule has 0 aliphatic heterocycles. The SMILES string of the molecule is CC(C)C(Cc1ccc([N+](=O)[O-])cc1Br)C(C)Cl. The van der Waals surface area contributed by atoms with Gasteiger partial charge in [0.05, 0.1) is 4.92 Å². The Labute approximate surface area is 121 Å². The zero-order valence-corrected chi connectivity index (χ0v) is 13.0. The number of nitro groups is 1. The Morgan fingerprint density at radius 2 is 2.00 bits per heavy atom. The summed E-state index contributed by atoms with van der Waals surface area (Å²) in [7, 11) is 0. The van der Waals surface area contributed by atoms with Gasteiger partial charge in [-0.3, -0.25) is 10.1 Å². The number of hydrogen-bond acceptors (Lipinski definition) is 2. The monoisotopic (exact) mass is 333 g/mol. The van der Waals surface area contributed by atoms with Crippen molar-refractivity contribution in [3.63, 3.8) is 0 Å². The number of nitro benzene ring substituents is 1. The van der Waals surface area contributed by atoms with Gasteiger partial charge in [0.25, 0.3) is 5.69 Å². The second-order valence-electron chi connectivity index (χ2n) is 4.82. The number of hydrogen-bond donors (Lipinski definition) is 0. The molecule has 0 N–H and O–H groups in total. The second kappa shape index (κ2) is 6.53. The standard InChI is InChI=1S/C13H17BrClNO2/c1-8(2)12(9(3)15)6-10-4-5-11(16(17)18)7-13(10)14/h4-5,7-9,12H,6H2,1-3H3. The molecule has 2 unspecified atom stereocenters. The van der Waals surface area contributed by atoms with Crippen LogP contribution in [0.3, 0.4) is 0 Å². The Kier molecular flexibility index (Phi) is 5.60. The minimum atomic E-state index is -0.390. The lowest BCUT2D eigenvalue weighted by Gasteiger charge is -2.23. The third-order valence-corrected chi connectivity index (χ3v) is 4.21. The van der Waals surface area contributed by atoms with E-state index in [1.54, 1.807) is 12.1 Å². The van der Waals surface area contributed by atoms with Crippen LogP contribution in [0.4, 0.5) is 5.69 Å². The number of non-ortho nitro benzene ring substituents is 1. The molecule has 0 heterocycles. The highest BCUT2D eigenvalue weighted by atomic mass is 79.9. The van der Waals surface area contributed by atoms with Crippen molar-refractivity contribution in [3.05, 3.63) is 38.3 Å². The quantitative estimate of drug-likeness (QED) is 0.441. The first-order valence-electron chi connectivity index (χ1n) is 5.89. The minimum Gasteiger partial charge on any atom is -0.258 e. The van der Waals surface area contributed by atoms with E-state index in [0.29, 0.717) is 11.8 Å². The van der Waals surface area contributed by atoms with E-state index in [4.69, 9.17) is 11.6 Å². The van der Waals surface area contributed by atoms with Crippen molar-refractivity contribution in [2.24, 2.45) is 11.8 Å². The molecule has 0 bridgehead atoms. The maximum atomic E-state index is 10.7. The van der Waals surface area contributed by atoms with E-state index < -0.39 is 4.92 Å². The summed E-state index contributed by atoms with van der Waals surface area (Å²) in [6.07, 6.45) is 0.820. The smallest absolute Gasteiger partial charge is 0.258 e. The van der Waals surface area contributed by atoms with Crippen LogP contribution in [0.1, 0.15) is 26.3 Å². The van der Waals surface area contributed by atoms with Gasteiger partial charge >= 0.3 is 0 Å². The van der Waals surface area contributed by atoms with E-state index in [2.05, 4.69) is 29.8 Å². The lowest BCUT2D eigenvalue weighted by Crippen LogP contribution is -2.20. The van der Waals surface area contributed by atoms with E-state index in [0.717, 1.165) is 16.5 Å². The molecule has 0 amide bonds. The van der Waals surface area contributed by atoms with Crippen molar-refractivity contribution in [1.82, 2.24) is 0 Å². The van der Waals surface area contributed by atoms with Crippen LogP contribution in [0.15, 0.2) is 22.7 Å². The Morgan fingerprint density at radius 3 is 2.39 bits per heavy atom. The van der Waals surface area contributed by atoms with Crippen molar-refractivity contribution < 1.29 is 4.92 Å².